The number of nitrogens with one attached hydrogen (secondary N) is 1. The third-order valence-corrected chi connectivity index (χ3v) is 8.08. The number of rotatable bonds is 6. The van der Waals surface area contributed by atoms with Gasteiger partial charge in [-0.25, -0.2) is 4.39 Å². The number of halogens is 1. The van der Waals surface area contributed by atoms with Gasteiger partial charge >= 0.3 is 0 Å². The lowest BCUT2D eigenvalue weighted by Gasteiger charge is -2.43. The molecule has 1 aromatic carbocycles. The van der Waals surface area contributed by atoms with Gasteiger partial charge in [0, 0.05) is 68.9 Å². The molecule has 37 heavy (non-hydrogen) atoms. The van der Waals surface area contributed by atoms with Crippen molar-refractivity contribution >= 4 is 11.6 Å². The fraction of sp³-hybridized carbons (Fsp3) is 0.586. The SMILES string of the molecule is C[C@@H]1CN(CC(=O)N2CC(C)(C)c3ncc(Cc4ccccc4F)cc32)[C@@H](CN2CCOC[C@H]2C)CN1. The summed E-state index contributed by atoms with van der Waals surface area (Å²) in [5.74, 6) is -0.115. The Labute approximate surface area is 220 Å². The Bertz CT molecular complexity index is 1130. The Morgan fingerprint density at radius 3 is 2.84 bits per heavy atom. The van der Waals surface area contributed by atoms with Gasteiger partial charge in [0.05, 0.1) is 31.1 Å². The first-order valence-electron chi connectivity index (χ1n) is 13.5. The third-order valence-electron chi connectivity index (χ3n) is 8.08. The molecule has 3 aliphatic rings. The predicted octanol–water partition coefficient (Wildman–Crippen LogP) is 2.82. The number of pyridine rings is 1. The second-order valence-corrected chi connectivity index (χ2v) is 11.7. The van der Waals surface area contributed by atoms with E-state index in [1.54, 1.807) is 12.1 Å². The molecule has 2 fully saturated rings. The summed E-state index contributed by atoms with van der Waals surface area (Å²) in [5.41, 5.74) is 3.11. The van der Waals surface area contributed by atoms with Crippen LogP contribution in [0, 0.1) is 5.82 Å². The van der Waals surface area contributed by atoms with Gasteiger partial charge in [0.15, 0.2) is 0 Å². The molecule has 1 N–H and O–H groups in total. The molecule has 0 unspecified atom stereocenters. The number of aromatic nitrogens is 1. The predicted molar refractivity (Wildman–Crippen MR) is 144 cm³/mol. The summed E-state index contributed by atoms with van der Waals surface area (Å²) in [6.45, 7) is 14.7. The Morgan fingerprint density at radius 1 is 1.24 bits per heavy atom. The molecule has 1 aromatic heterocycles. The Kier molecular flexibility index (Phi) is 7.63. The molecule has 0 aliphatic carbocycles. The fourth-order valence-electron chi connectivity index (χ4n) is 5.93. The van der Waals surface area contributed by atoms with Crippen molar-refractivity contribution in [1.29, 1.82) is 0 Å². The topological polar surface area (TPSA) is 60.9 Å². The van der Waals surface area contributed by atoms with Gasteiger partial charge in [-0.1, -0.05) is 32.0 Å². The Balaban J connectivity index is 1.34. The standard InChI is InChI=1S/C29H40FN5O2/c1-20-15-34(24(14-31-20)16-33-9-10-37-18-21(33)2)17-27(36)35-19-29(3,4)28-26(35)12-22(13-32-28)11-23-7-5-6-8-25(23)30/h5-8,12-13,20-21,24,31H,9-11,14-19H2,1-4H3/t20-,21-,24-/m1/s1. The maximum Gasteiger partial charge on any atom is 0.241 e. The molecule has 2 saturated heterocycles. The molecular weight excluding hydrogens is 469 g/mol. The van der Waals surface area contributed by atoms with Crippen LogP contribution >= 0.6 is 0 Å². The molecule has 4 heterocycles. The molecule has 0 radical (unpaired) electrons. The highest BCUT2D eigenvalue weighted by Crippen LogP contribution is 2.40. The fourth-order valence-corrected chi connectivity index (χ4v) is 5.93. The molecule has 3 atom stereocenters. The number of fused-ring (bicyclic) bond motifs is 1. The number of anilines is 1. The number of nitrogens with zero attached hydrogens (tertiary/aromatic N) is 4. The highest BCUT2D eigenvalue weighted by molar-refractivity contribution is 5.97. The molecule has 200 valence electrons. The number of ether oxygens (including phenoxy) is 1. The number of hydrogen-bond donors (Lipinski definition) is 1. The van der Waals surface area contributed by atoms with Crippen LogP contribution in [-0.4, -0.2) is 91.3 Å². The summed E-state index contributed by atoms with van der Waals surface area (Å²) in [5, 5.41) is 3.61. The number of piperazine rings is 1. The highest BCUT2D eigenvalue weighted by Gasteiger charge is 2.41. The number of benzene rings is 1. The average molecular weight is 510 g/mol. The Morgan fingerprint density at radius 2 is 2.05 bits per heavy atom. The van der Waals surface area contributed by atoms with E-state index < -0.39 is 0 Å². The molecule has 5 rings (SSSR count). The zero-order chi connectivity index (χ0) is 26.2. The summed E-state index contributed by atoms with van der Waals surface area (Å²) in [7, 11) is 0. The van der Waals surface area contributed by atoms with Crippen molar-refractivity contribution in [3.63, 3.8) is 0 Å². The first-order chi connectivity index (χ1) is 17.7. The van der Waals surface area contributed by atoms with Crippen molar-refractivity contribution in [2.24, 2.45) is 0 Å². The quantitative estimate of drug-likeness (QED) is 0.646. The zero-order valence-corrected chi connectivity index (χ0v) is 22.5. The molecule has 3 aliphatic heterocycles. The molecule has 8 heteroatoms. The van der Waals surface area contributed by atoms with Gasteiger partial charge in [-0.05, 0) is 37.1 Å². The van der Waals surface area contributed by atoms with Crippen molar-refractivity contribution in [1.82, 2.24) is 20.1 Å². The van der Waals surface area contributed by atoms with Gasteiger partial charge in [-0.3, -0.25) is 19.6 Å². The third kappa shape index (κ3) is 5.72. The van der Waals surface area contributed by atoms with Crippen LogP contribution in [-0.2, 0) is 21.4 Å². The number of hydrogen-bond acceptors (Lipinski definition) is 6. The van der Waals surface area contributed by atoms with E-state index in [0.29, 0.717) is 37.2 Å². The molecule has 0 bridgehead atoms. The van der Waals surface area contributed by atoms with Gasteiger partial charge in [0.25, 0.3) is 0 Å². The zero-order valence-electron chi connectivity index (χ0n) is 22.5. The molecule has 7 nitrogen and oxygen atoms in total. The number of carbonyl (C=O) groups excluding carboxylic acids is 1. The van der Waals surface area contributed by atoms with Crippen LogP contribution < -0.4 is 10.2 Å². The van der Waals surface area contributed by atoms with E-state index >= 15 is 0 Å². The van der Waals surface area contributed by atoms with E-state index in [1.165, 1.54) is 6.07 Å². The lowest BCUT2D eigenvalue weighted by Crippen LogP contribution is -2.62. The Hall–Kier alpha value is -2.39. The van der Waals surface area contributed by atoms with Crippen LogP contribution in [0.3, 0.4) is 0 Å². The van der Waals surface area contributed by atoms with E-state index in [0.717, 1.165) is 56.3 Å². The van der Waals surface area contributed by atoms with E-state index in [9.17, 15) is 9.18 Å². The van der Waals surface area contributed by atoms with Crippen molar-refractivity contribution in [2.75, 3.05) is 57.4 Å². The molecule has 0 saturated carbocycles. The smallest absolute Gasteiger partial charge is 0.241 e. The second kappa shape index (κ2) is 10.8. The summed E-state index contributed by atoms with van der Waals surface area (Å²) in [6, 6.07) is 9.86. The van der Waals surface area contributed by atoms with Crippen molar-refractivity contribution in [3.8, 4) is 0 Å². The minimum atomic E-state index is -0.235. The van der Waals surface area contributed by atoms with Crippen molar-refractivity contribution < 1.29 is 13.9 Å². The van der Waals surface area contributed by atoms with Crippen LogP contribution in [0.25, 0.3) is 0 Å². The number of morpholine rings is 1. The lowest BCUT2D eigenvalue weighted by atomic mass is 9.91. The minimum absolute atomic E-state index is 0.103. The molecule has 2 aromatic rings. The second-order valence-electron chi connectivity index (χ2n) is 11.7. The van der Waals surface area contributed by atoms with Crippen LogP contribution in [0.2, 0.25) is 0 Å². The van der Waals surface area contributed by atoms with Gasteiger partial charge in [-0.2, -0.15) is 0 Å². The van der Waals surface area contributed by atoms with E-state index in [-0.39, 0.29) is 23.2 Å². The molecule has 1 amide bonds. The maximum atomic E-state index is 14.3. The highest BCUT2D eigenvalue weighted by atomic mass is 19.1. The van der Waals surface area contributed by atoms with Crippen molar-refractivity contribution in [2.45, 2.75) is 57.7 Å². The normalized spacial score (nSPS) is 26.3. The first kappa shape index (κ1) is 26.2. The summed E-state index contributed by atoms with van der Waals surface area (Å²) >= 11 is 0. The number of amides is 1. The van der Waals surface area contributed by atoms with Crippen LogP contribution in [0.1, 0.15) is 44.5 Å². The van der Waals surface area contributed by atoms with Gasteiger partial charge in [0.2, 0.25) is 5.91 Å². The summed E-state index contributed by atoms with van der Waals surface area (Å²) in [6.07, 6.45) is 2.28. The van der Waals surface area contributed by atoms with Gasteiger partial charge in [-0.15, -0.1) is 0 Å². The lowest BCUT2D eigenvalue weighted by molar-refractivity contribution is -0.121. The average Bonchev–Trinajstić information content (AvgIpc) is 3.14. The van der Waals surface area contributed by atoms with E-state index in [4.69, 9.17) is 9.72 Å². The minimum Gasteiger partial charge on any atom is -0.379 e. The monoisotopic (exact) mass is 509 g/mol. The maximum absolute atomic E-state index is 14.3. The first-order valence-corrected chi connectivity index (χ1v) is 13.5. The molecule has 0 spiro atoms. The van der Waals surface area contributed by atoms with Crippen LogP contribution in [0.5, 0.6) is 0 Å². The van der Waals surface area contributed by atoms with Crippen LogP contribution in [0.4, 0.5) is 10.1 Å². The van der Waals surface area contributed by atoms with E-state index in [2.05, 4.69) is 42.8 Å². The largest absolute Gasteiger partial charge is 0.379 e. The van der Waals surface area contributed by atoms with E-state index in [1.807, 2.05) is 23.2 Å². The van der Waals surface area contributed by atoms with Gasteiger partial charge in [0.1, 0.15) is 5.82 Å². The molecular formula is C29H40FN5O2. The summed E-state index contributed by atoms with van der Waals surface area (Å²) in [4.78, 5) is 25.4. The summed E-state index contributed by atoms with van der Waals surface area (Å²) < 4.78 is 19.9. The van der Waals surface area contributed by atoms with Crippen LogP contribution in [0.15, 0.2) is 36.5 Å². The number of carbonyl (C=O) groups is 1. The van der Waals surface area contributed by atoms with Crippen molar-refractivity contribution in [3.05, 3.63) is 59.2 Å². The van der Waals surface area contributed by atoms with Gasteiger partial charge < -0.3 is 15.0 Å².